The highest BCUT2D eigenvalue weighted by molar-refractivity contribution is 7.07. The first-order valence-electron chi connectivity index (χ1n) is 11.3. The number of ether oxygens (including phenoxy) is 5. The molecule has 0 fully saturated rings. The predicted octanol–water partition coefficient (Wildman–Crippen LogP) is 2.54. The van der Waals surface area contributed by atoms with Crippen molar-refractivity contribution in [3.63, 3.8) is 0 Å². The molecular formula is C26H24N2O7S. The summed E-state index contributed by atoms with van der Waals surface area (Å²) in [5.74, 6) is 1.80. The minimum Gasteiger partial charge on any atom is -0.497 e. The molecule has 1 aromatic heterocycles. The van der Waals surface area contributed by atoms with Crippen LogP contribution in [0.2, 0.25) is 0 Å². The summed E-state index contributed by atoms with van der Waals surface area (Å²) >= 11 is 1.24. The zero-order valence-electron chi connectivity index (χ0n) is 20.2. The van der Waals surface area contributed by atoms with Gasteiger partial charge in [0.2, 0.25) is 6.79 Å². The summed E-state index contributed by atoms with van der Waals surface area (Å²) in [6.45, 7) is 3.82. The van der Waals surface area contributed by atoms with Crippen LogP contribution in [0.5, 0.6) is 23.0 Å². The number of rotatable bonds is 6. The molecule has 0 spiro atoms. The number of esters is 1. The monoisotopic (exact) mass is 508 g/mol. The molecule has 0 N–H and O–H groups in total. The molecule has 2 aliphatic rings. The topological polar surface area (TPSA) is 97.6 Å². The molecule has 2 aliphatic heterocycles. The molecule has 186 valence electrons. The molecule has 0 aliphatic carbocycles. The number of carbonyl (C=O) groups excluding carboxylic acids is 1. The lowest BCUT2D eigenvalue weighted by atomic mass is 9.94. The maximum atomic E-state index is 13.8. The Balaban J connectivity index is 1.74. The summed E-state index contributed by atoms with van der Waals surface area (Å²) in [6, 6.07) is 9.92. The summed E-state index contributed by atoms with van der Waals surface area (Å²) in [4.78, 5) is 32.0. The van der Waals surface area contributed by atoms with Crippen molar-refractivity contribution in [1.82, 2.24) is 4.57 Å². The van der Waals surface area contributed by atoms with E-state index in [0.717, 1.165) is 5.56 Å². The third-order valence-corrected chi connectivity index (χ3v) is 6.93. The predicted molar refractivity (Wildman–Crippen MR) is 133 cm³/mol. The zero-order valence-corrected chi connectivity index (χ0v) is 21.0. The molecule has 3 heterocycles. The zero-order chi connectivity index (χ0) is 25.4. The third-order valence-electron chi connectivity index (χ3n) is 5.94. The average molecular weight is 509 g/mol. The molecule has 0 radical (unpaired) electrons. The van der Waals surface area contributed by atoms with E-state index in [2.05, 4.69) is 4.99 Å². The molecule has 1 atom stereocenters. The van der Waals surface area contributed by atoms with Gasteiger partial charge in [-0.1, -0.05) is 17.4 Å². The number of fused-ring (bicyclic) bond motifs is 2. The summed E-state index contributed by atoms with van der Waals surface area (Å²) < 4.78 is 29.2. The van der Waals surface area contributed by atoms with Crippen LogP contribution in [0.15, 0.2) is 57.5 Å². The van der Waals surface area contributed by atoms with Crippen LogP contribution in [0.3, 0.4) is 0 Å². The number of allylic oxidation sites excluding steroid dienone is 1. The summed E-state index contributed by atoms with van der Waals surface area (Å²) in [6.07, 6.45) is 1.77. The van der Waals surface area contributed by atoms with Crippen molar-refractivity contribution in [3.05, 3.63) is 78.5 Å². The van der Waals surface area contributed by atoms with E-state index in [0.29, 0.717) is 43.6 Å². The molecule has 5 rings (SSSR count). The molecule has 0 unspecified atom stereocenters. The fraction of sp³-hybridized carbons (Fsp3) is 0.269. The Morgan fingerprint density at radius 2 is 1.97 bits per heavy atom. The SMILES string of the molecule is CCOC(=O)C1=C(C)N=c2s/c(=C\c3ccc4c(c3)OCO4)c(=O)n2[C@@H]1c1cc(OC)ccc1OC. The van der Waals surface area contributed by atoms with Gasteiger partial charge in [0.05, 0.1) is 36.6 Å². The van der Waals surface area contributed by atoms with E-state index in [-0.39, 0.29) is 24.5 Å². The maximum absolute atomic E-state index is 13.8. The van der Waals surface area contributed by atoms with E-state index in [9.17, 15) is 9.59 Å². The third kappa shape index (κ3) is 4.03. The van der Waals surface area contributed by atoms with Gasteiger partial charge < -0.3 is 23.7 Å². The fourth-order valence-electron chi connectivity index (χ4n) is 4.29. The minimum absolute atomic E-state index is 0.166. The second kappa shape index (κ2) is 9.54. The standard InChI is InChI=1S/C26H24N2O7S/c1-5-33-25(30)22-14(2)27-26-28(23(22)17-12-16(31-3)7-9-18(17)32-4)24(29)21(36-26)11-15-6-8-19-20(10-15)35-13-34-19/h6-12,23H,5,13H2,1-4H3/b21-11-/t23-/m1/s1. The van der Waals surface area contributed by atoms with E-state index < -0.39 is 12.0 Å². The Morgan fingerprint density at radius 1 is 1.17 bits per heavy atom. The van der Waals surface area contributed by atoms with E-state index >= 15 is 0 Å². The summed E-state index contributed by atoms with van der Waals surface area (Å²) in [7, 11) is 3.09. The highest BCUT2D eigenvalue weighted by Crippen LogP contribution is 2.38. The number of carbonyl (C=O) groups is 1. The number of thiazole rings is 1. The first kappa shape index (κ1) is 23.7. The van der Waals surface area contributed by atoms with Crippen molar-refractivity contribution < 1.29 is 28.5 Å². The van der Waals surface area contributed by atoms with Gasteiger partial charge in [-0.2, -0.15) is 0 Å². The van der Waals surface area contributed by atoms with Crippen molar-refractivity contribution in [3.8, 4) is 23.0 Å². The van der Waals surface area contributed by atoms with Gasteiger partial charge in [0.25, 0.3) is 5.56 Å². The van der Waals surface area contributed by atoms with Crippen LogP contribution >= 0.6 is 11.3 Å². The van der Waals surface area contributed by atoms with Crippen LogP contribution < -0.4 is 33.8 Å². The largest absolute Gasteiger partial charge is 0.497 e. The van der Waals surface area contributed by atoms with Crippen molar-refractivity contribution in [2.75, 3.05) is 27.6 Å². The van der Waals surface area contributed by atoms with Crippen LogP contribution in [0, 0.1) is 0 Å². The molecule has 9 nitrogen and oxygen atoms in total. The highest BCUT2D eigenvalue weighted by atomic mass is 32.1. The summed E-state index contributed by atoms with van der Waals surface area (Å²) in [5, 5.41) is 0. The number of methoxy groups -OCH3 is 2. The second-order valence-electron chi connectivity index (χ2n) is 8.02. The van der Waals surface area contributed by atoms with Gasteiger partial charge in [0.1, 0.15) is 17.5 Å². The molecule has 36 heavy (non-hydrogen) atoms. The van der Waals surface area contributed by atoms with Crippen LogP contribution in [0.25, 0.3) is 6.08 Å². The first-order valence-corrected chi connectivity index (χ1v) is 12.1. The molecule has 0 amide bonds. The van der Waals surface area contributed by atoms with Crippen molar-refractivity contribution in [2.45, 2.75) is 19.9 Å². The number of hydrogen-bond donors (Lipinski definition) is 0. The fourth-order valence-corrected chi connectivity index (χ4v) is 5.34. The minimum atomic E-state index is -0.816. The molecular weight excluding hydrogens is 484 g/mol. The lowest BCUT2D eigenvalue weighted by molar-refractivity contribution is -0.139. The quantitative estimate of drug-likeness (QED) is 0.472. The number of hydrogen-bond acceptors (Lipinski definition) is 9. The molecule has 0 saturated carbocycles. The highest BCUT2D eigenvalue weighted by Gasteiger charge is 2.35. The smallest absolute Gasteiger partial charge is 0.338 e. The van der Waals surface area contributed by atoms with Gasteiger partial charge in [0.15, 0.2) is 16.3 Å². The molecule has 3 aromatic rings. The molecule has 0 saturated heterocycles. The van der Waals surface area contributed by atoms with E-state index in [1.54, 1.807) is 51.3 Å². The van der Waals surface area contributed by atoms with E-state index in [4.69, 9.17) is 23.7 Å². The van der Waals surface area contributed by atoms with Crippen LogP contribution in [0.4, 0.5) is 0 Å². The maximum Gasteiger partial charge on any atom is 0.338 e. The van der Waals surface area contributed by atoms with E-state index in [1.807, 2.05) is 12.1 Å². The Hall–Kier alpha value is -4.05. The lowest BCUT2D eigenvalue weighted by Crippen LogP contribution is -2.40. The van der Waals surface area contributed by atoms with Crippen molar-refractivity contribution in [2.24, 2.45) is 4.99 Å². The number of aromatic nitrogens is 1. The van der Waals surface area contributed by atoms with Crippen molar-refractivity contribution in [1.29, 1.82) is 0 Å². The molecule has 0 bridgehead atoms. The van der Waals surface area contributed by atoms with Crippen molar-refractivity contribution >= 4 is 23.4 Å². The van der Waals surface area contributed by atoms with Crippen LogP contribution in [-0.2, 0) is 9.53 Å². The average Bonchev–Trinajstić information content (AvgIpc) is 3.46. The number of nitrogens with zero attached hydrogens (tertiary/aromatic N) is 2. The lowest BCUT2D eigenvalue weighted by Gasteiger charge is -2.26. The normalized spacial score (nSPS) is 16.4. The second-order valence-corrected chi connectivity index (χ2v) is 9.03. The van der Waals surface area contributed by atoms with Gasteiger partial charge in [-0.15, -0.1) is 0 Å². The van der Waals surface area contributed by atoms with E-state index in [1.165, 1.54) is 23.0 Å². The van der Waals surface area contributed by atoms with Gasteiger partial charge in [0, 0.05) is 5.56 Å². The Bertz CT molecular complexity index is 1570. The van der Waals surface area contributed by atoms with Gasteiger partial charge >= 0.3 is 5.97 Å². The number of benzene rings is 2. The Morgan fingerprint density at radius 3 is 2.72 bits per heavy atom. The Kier molecular flexibility index (Phi) is 6.27. The van der Waals surface area contributed by atoms with Crippen LogP contribution in [0.1, 0.15) is 31.0 Å². The van der Waals surface area contributed by atoms with Crippen LogP contribution in [-0.4, -0.2) is 38.2 Å². The first-order chi connectivity index (χ1) is 17.4. The van der Waals surface area contributed by atoms with Gasteiger partial charge in [-0.05, 0) is 55.8 Å². The van der Waals surface area contributed by atoms with Gasteiger partial charge in [-0.3, -0.25) is 9.36 Å². The van der Waals surface area contributed by atoms with Gasteiger partial charge in [-0.25, -0.2) is 9.79 Å². The molecule has 10 heteroatoms. The molecule has 2 aromatic carbocycles. The Labute approximate surface area is 210 Å². The summed E-state index contributed by atoms with van der Waals surface area (Å²) in [5.41, 5.74) is 1.82.